The lowest BCUT2D eigenvalue weighted by molar-refractivity contribution is -0.119. The summed E-state index contributed by atoms with van der Waals surface area (Å²) < 4.78 is 5.68. The number of aliphatic imine (C=N–C) groups is 1. The molecule has 31 heavy (non-hydrogen) atoms. The molecule has 0 aromatic heterocycles. The van der Waals surface area contributed by atoms with Crippen LogP contribution in [0.2, 0.25) is 0 Å². The number of carbonyl (C=O) groups excluding carboxylic acids is 1. The van der Waals surface area contributed by atoms with E-state index < -0.39 is 0 Å². The Morgan fingerprint density at radius 3 is 2.65 bits per heavy atom. The number of benzene rings is 1. The SMILES string of the molecule is CN=C(NCC(c1ccccc1OC)N1CCCCC1)N1CCCC(CC(N)=O)C1.I. The van der Waals surface area contributed by atoms with Crippen molar-refractivity contribution in [2.45, 2.75) is 44.6 Å². The van der Waals surface area contributed by atoms with E-state index in [2.05, 4.69) is 32.2 Å². The first-order valence-corrected chi connectivity index (χ1v) is 11.2. The summed E-state index contributed by atoms with van der Waals surface area (Å²) in [5.74, 6) is 1.93. The molecular formula is C23H38IN5O2. The third-order valence-corrected chi connectivity index (χ3v) is 6.30. The monoisotopic (exact) mass is 543 g/mol. The van der Waals surface area contributed by atoms with E-state index in [1.54, 1.807) is 7.11 Å². The van der Waals surface area contributed by atoms with Crippen LogP contribution in [0.25, 0.3) is 0 Å². The van der Waals surface area contributed by atoms with E-state index in [9.17, 15) is 4.79 Å². The minimum atomic E-state index is -0.217. The summed E-state index contributed by atoms with van der Waals surface area (Å²) in [5, 5.41) is 3.62. The van der Waals surface area contributed by atoms with Crippen molar-refractivity contribution < 1.29 is 9.53 Å². The maximum Gasteiger partial charge on any atom is 0.217 e. The van der Waals surface area contributed by atoms with Gasteiger partial charge in [-0.3, -0.25) is 14.7 Å². The molecule has 7 nitrogen and oxygen atoms in total. The minimum absolute atomic E-state index is 0. The molecule has 2 unspecified atom stereocenters. The molecule has 3 rings (SSSR count). The molecule has 0 bridgehead atoms. The molecule has 1 amide bonds. The van der Waals surface area contributed by atoms with Crippen molar-refractivity contribution in [1.82, 2.24) is 15.1 Å². The van der Waals surface area contributed by atoms with Crippen LogP contribution in [0.15, 0.2) is 29.3 Å². The Labute approximate surface area is 203 Å². The van der Waals surface area contributed by atoms with Gasteiger partial charge in [-0.2, -0.15) is 0 Å². The Bertz CT molecular complexity index is 724. The second kappa shape index (κ2) is 13.1. The van der Waals surface area contributed by atoms with E-state index in [0.29, 0.717) is 12.3 Å². The van der Waals surface area contributed by atoms with Gasteiger partial charge in [-0.05, 0) is 50.8 Å². The van der Waals surface area contributed by atoms with Crippen LogP contribution >= 0.6 is 24.0 Å². The number of primary amides is 1. The van der Waals surface area contributed by atoms with Crippen molar-refractivity contribution in [3.63, 3.8) is 0 Å². The first kappa shape index (κ1) is 25.7. The molecule has 2 fully saturated rings. The highest BCUT2D eigenvalue weighted by atomic mass is 127. The fourth-order valence-electron chi connectivity index (χ4n) is 4.84. The number of rotatable bonds is 7. The van der Waals surface area contributed by atoms with Gasteiger partial charge in [0.25, 0.3) is 0 Å². The number of nitrogens with one attached hydrogen (secondary N) is 1. The van der Waals surface area contributed by atoms with Crippen LogP contribution in [-0.4, -0.2) is 68.5 Å². The summed E-state index contributed by atoms with van der Waals surface area (Å²) in [6, 6.07) is 8.55. The maximum atomic E-state index is 11.4. The van der Waals surface area contributed by atoms with Gasteiger partial charge in [-0.15, -0.1) is 24.0 Å². The average Bonchev–Trinajstić information content (AvgIpc) is 2.77. The molecule has 2 heterocycles. The molecule has 8 heteroatoms. The zero-order valence-electron chi connectivity index (χ0n) is 18.9. The van der Waals surface area contributed by atoms with Crippen molar-refractivity contribution in [1.29, 1.82) is 0 Å². The zero-order valence-corrected chi connectivity index (χ0v) is 21.2. The van der Waals surface area contributed by atoms with E-state index in [4.69, 9.17) is 10.5 Å². The summed E-state index contributed by atoms with van der Waals surface area (Å²) >= 11 is 0. The number of hydrogen-bond donors (Lipinski definition) is 2. The van der Waals surface area contributed by atoms with Gasteiger partial charge in [-0.1, -0.05) is 24.6 Å². The summed E-state index contributed by atoms with van der Waals surface area (Å²) in [6.07, 6.45) is 6.34. The van der Waals surface area contributed by atoms with Gasteiger partial charge in [0.1, 0.15) is 5.75 Å². The van der Waals surface area contributed by atoms with Gasteiger partial charge in [0.15, 0.2) is 5.96 Å². The number of likely N-dealkylation sites (tertiary alicyclic amines) is 2. The number of amides is 1. The predicted octanol–water partition coefficient (Wildman–Crippen LogP) is 3.00. The van der Waals surface area contributed by atoms with Crippen LogP contribution in [0, 0.1) is 5.92 Å². The standard InChI is InChI=1S/C23H37N5O2.HI/c1-25-23(28-14-8-9-18(17-28)15-22(24)29)26-16-20(27-12-6-3-7-13-27)19-10-4-5-11-21(19)30-2;/h4-5,10-11,18,20H,3,6-9,12-17H2,1-2H3,(H2,24,29)(H,25,26);1H. The lowest BCUT2D eigenvalue weighted by Crippen LogP contribution is -2.49. The van der Waals surface area contributed by atoms with Gasteiger partial charge in [0.2, 0.25) is 5.91 Å². The summed E-state index contributed by atoms with van der Waals surface area (Å²) in [6.45, 7) is 4.76. The normalized spacial score (nSPS) is 21.2. The third kappa shape index (κ3) is 7.24. The number of carbonyl (C=O) groups is 1. The molecule has 0 radical (unpaired) electrons. The first-order chi connectivity index (χ1) is 14.6. The number of nitrogens with two attached hydrogens (primary N) is 1. The molecule has 0 aliphatic carbocycles. The number of nitrogens with zero attached hydrogens (tertiary/aromatic N) is 3. The Hall–Kier alpha value is -1.55. The van der Waals surface area contributed by atoms with Crippen LogP contribution < -0.4 is 15.8 Å². The quantitative estimate of drug-likeness (QED) is 0.314. The molecule has 3 N–H and O–H groups in total. The first-order valence-electron chi connectivity index (χ1n) is 11.2. The molecule has 2 saturated heterocycles. The van der Waals surface area contributed by atoms with Crippen LogP contribution in [-0.2, 0) is 4.79 Å². The summed E-state index contributed by atoms with van der Waals surface area (Å²) in [4.78, 5) is 20.7. The van der Waals surface area contributed by atoms with E-state index >= 15 is 0 Å². The zero-order chi connectivity index (χ0) is 21.3. The summed E-state index contributed by atoms with van der Waals surface area (Å²) in [5.41, 5.74) is 6.65. The van der Waals surface area contributed by atoms with E-state index in [1.165, 1.54) is 24.8 Å². The Balaban J connectivity index is 0.00000341. The van der Waals surface area contributed by atoms with E-state index in [1.807, 2.05) is 19.2 Å². The maximum absolute atomic E-state index is 11.4. The molecule has 0 saturated carbocycles. The second-order valence-electron chi connectivity index (χ2n) is 8.41. The predicted molar refractivity (Wildman–Crippen MR) is 136 cm³/mol. The molecule has 2 aliphatic rings. The van der Waals surface area contributed by atoms with Crippen LogP contribution in [0.5, 0.6) is 5.75 Å². The number of para-hydroxylation sites is 1. The van der Waals surface area contributed by atoms with Gasteiger partial charge in [0.05, 0.1) is 13.2 Å². The number of methoxy groups -OCH3 is 1. The smallest absolute Gasteiger partial charge is 0.217 e. The highest BCUT2D eigenvalue weighted by Gasteiger charge is 2.27. The van der Waals surface area contributed by atoms with E-state index in [-0.39, 0.29) is 35.9 Å². The molecule has 1 aromatic carbocycles. The topological polar surface area (TPSA) is 83.2 Å². The third-order valence-electron chi connectivity index (χ3n) is 6.30. The second-order valence-corrected chi connectivity index (χ2v) is 8.41. The minimum Gasteiger partial charge on any atom is -0.496 e. The number of halogens is 1. The van der Waals surface area contributed by atoms with Gasteiger partial charge in [0, 0.05) is 38.7 Å². The van der Waals surface area contributed by atoms with Crippen molar-refractivity contribution >= 4 is 35.8 Å². The van der Waals surface area contributed by atoms with Crippen LogP contribution in [0.1, 0.15) is 50.1 Å². The number of piperidine rings is 2. The van der Waals surface area contributed by atoms with Crippen molar-refractivity contribution in [3.05, 3.63) is 29.8 Å². The molecular weight excluding hydrogens is 505 g/mol. The average molecular weight is 543 g/mol. The van der Waals surface area contributed by atoms with Crippen molar-refractivity contribution in [2.24, 2.45) is 16.6 Å². The van der Waals surface area contributed by atoms with Gasteiger partial charge < -0.3 is 20.7 Å². The molecule has 2 atom stereocenters. The number of guanidine groups is 1. The van der Waals surface area contributed by atoms with Crippen LogP contribution in [0.3, 0.4) is 0 Å². The molecule has 0 spiro atoms. The summed E-state index contributed by atoms with van der Waals surface area (Å²) in [7, 11) is 3.57. The highest BCUT2D eigenvalue weighted by Crippen LogP contribution is 2.31. The van der Waals surface area contributed by atoms with Gasteiger partial charge >= 0.3 is 0 Å². The largest absolute Gasteiger partial charge is 0.496 e. The van der Waals surface area contributed by atoms with Gasteiger partial charge in [-0.25, -0.2) is 0 Å². The van der Waals surface area contributed by atoms with E-state index in [0.717, 1.165) is 57.3 Å². The lowest BCUT2D eigenvalue weighted by atomic mass is 9.95. The fourth-order valence-corrected chi connectivity index (χ4v) is 4.84. The van der Waals surface area contributed by atoms with Crippen molar-refractivity contribution in [2.75, 3.05) is 46.9 Å². The number of ether oxygens (including phenoxy) is 1. The lowest BCUT2D eigenvalue weighted by Gasteiger charge is -2.38. The van der Waals surface area contributed by atoms with Crippen molar-refractivity contribution in [3.8, 4) is 5.75 Å². The highest BCUT2D eigenvalue weighted by molar-refractivity contribution is 14.0. The Kier molecular flexibility index (Phi) is 10.9. The Morgan fingerprint density at radius 2 is 1.97 bits per heavy atom. The fraction of sp³-hybridized carbons (Fsp3) is 0.652. The molecule has 1 aromatic rings. The molecule has 2 aliphatic heterocycles. The van der Waals surface area contributed by atoms with Crippen LogP contribution in [0.4, 0.5) is 0 Å². The number of hydrogen-bond acceptors (Lipinski definition) is 4. The molecule has 174 valence electrons. The Morgan fingerprint density at radius 1 is 1.23 bits per heavy atom.